The summed E-state index contributed by atoms with van der Waals surface area (Å²) in [6, 6.07) is 3.94. The topological polar surface area (TPSA) is 49.3 Å². The van der Waals surface area contributed by atoms with Crippen LogP contribution in [0.4, 0.5) is 5.69 Å². The van der Waals surface area contributed by atoms with E-state index in [9.17, 15) is 9.90 Å². The zero-order valence-corrected chi connectivity index (χ0v) is 11.5. The van der Waals surface area contributed by atoms with Crippen LogP contribution < -0.4 is 5.32 Å². The van der Waals surface area contributed by atoms with Crippen LogP contribution in [0.3, 0.4) is 0 Å². The summed E-state index contributed by atoms with van der Waals surface area (Å²) in [5.74, 6) is -0.459. The van der Waals surface area contributed by atoms with Gasteiger partial charge >= 0.3 is 5.97 Å². The minimum absolute atomic E-state index is 0.0512. The van der Waals surface area contributed by atoms with Gasteiger partial charge in [0.25, 0.3) is 0 Å². The van der Waals surface area contributed by atoms with E-state index in [2.05, 4.69) is 39.1 Å². The SMILES string of the molecule is CCc1cc(C(=O)O)c2c(c1)C(C)CC(C)(C)N2. The Bertz CT molecular complexity index is 492. The molecule has 0 saturated carbocycles. The van der Waals surface area contributed by atoms with Gasteiger partial charge in [0.2, 0.25) is 0 Å². The van der Waals surface area contributed by atoms with Gasteiger partial charge in [-0.15, -0.1) is 0 Å². The molecule has 1 unspecified atom stereocenters. The van der Waals surface area contributed by atoms with Crippen LogP contribution in [0.5, 0.6) is 0 Å². The molecule has 1 aliphatic heterocycles. The minimum Gasteiger partial charge on any atom is -0.478 e. The molecule has 0 bridgehead atoms. The third-order valence-corrected chi connectivity index (χ3v) is 3.68. The Kier molecular flexibility index (Phi) is 3.09. The molecule has 0 aliphatic carbocycles. The molecule has 0 aromatic heterocycles. The lowest BCUT2D eigenvalue weighted by Gasteiger charge is -2.38. The third kappa shape index (κ3) is 2.22. The van der Waals surface area contributed by atoms with E-state index in [1.54, 1.807) is 6.07 Å². The van der Waals surface area contributed by atoms with Gasteiger partial charge < -0.3 is 10.4 Å². The Hall–Kier alpha value is -1.51. The van der Waals surface area contributed by atoms with Crippen LogP contribution in [0, 0.1) is 0 Å². The highest BCUT2D eigenvalue weighted by molar-refractivity contribution is 5.96. The van der Waals surface area contributed by atoms with Crippen LogP contribution >= 0.6 is 0 Å². The van der Waals surface area contributed by atoms with Crippen LogP contribution in [-0.2, 0) is 6.42 Å². The number of rotatable bonds is 2. The minimum atomic E-state index is -0.848. The molecule has 1 aromatic carbocycles. The summed E-state index contributed by atoms with van der Waals surface area (Å²) in [6.45, 7) is 8.46. The lowest BCUT2D eigenvalue weighted by atomic mass is 9.80. The number of fused-ring (bicyclic) bond motifs is 1. The molecule has 1 aromatic rings. The lowest BCUT2D eigenvalue weighted by molar-refractivity contribution is 0.0697. The van der Waals surface area contributed by atoms with Gasteiger partial charge in [0.1, 0.15) is 0 Å². The molecule has 1 atom stereocenters. The molecule has 0 spiro atoms. The first-order chi connectivity index (χ1) is 8.34. The zero-order valence-electron chi connectivity index (χ0n) is 11.5. The summed E-state index contributed by atoms with van der Waals surface area (Å²) in [4.78, 5) is 11.4. The number of carboxylic acid groups (broad SMARTS) is 1. The van der Waals surface area contributed by atoms with E-state index in [-0.39, 0.29) is 5.54 Å². The molecule has 98 valence electrons. The second-order valence-electron chi connectivity index (χ2n) is 5.88. The summed E-state index contributed by atoms with van der Waals surface area (Å²) in [5, 5.41) is 12.8. The maximum absolute atomic E-state index is 11.4. The van der Waals surface area contributed by atoms with E-state index in [1.165, 1.54) is 0 Å². The Morgan fingerprint density at radius 3 is 2.72 bits per heavy atom. The van der Waals surface area contributed by atoms with E-state index in [0.29, 0.717) is 11.5 Å². The Morgan fingerprint density at radius 1 is 1.50 bits per heavy atom. The molecule has 0 fully saturated rings. The predicted molar refractivity (Wildman–Crippen MR) is 73.5 cm³/mol. The first kappa shape index (κ1) is 12.9. The van der Waals surface area contributed by atoms with Crippen molar-refractivity contribution in [1.29, 1.82) is 0 Å². The van der Waals surface area contributed by atoms with Gasteiger partial charge in [0.05, 0.1) is 11.3 Å². The molecule has 0 radical (unpaired) electrons. The molecular weight excluding hydrogens is 226 g/mol. The summed E-state index contributed by atoms with van der Waals surface area (Å²) in [5.41, 5.74) is 3.41. The van der Waals surface area contributed by atoms with E-state index < -0.39 is 5.97 Å². The van der Waals surface area contributed by atoms with Gasteiger partial charge in [-0.2, -0.15) is 0 Å². The second kappa shape index (κ2) is 4.30. The summed E-state index contributed by atoms with van der Waals surface area (Å²) < 4.78 is 0. The number of anilines is 1. The van der Waals surface area contributed by atoms with E-state index in [1.807, 2.05) is 0 Å². The van der Waals surface area contributed by atoms with Gasteiger partial charge in [-0.1, -0.05) is 19.9 Å². The lowest BCUT2D eigenvalue weighted by Crippen LogP contribution is -2.37. The maximum Gasteiger partial charge on any atom is 0.337 e. The first-order valence-electron chi connectivity index (χ1n) is 6.52. The Balaban J connectivity index is 2.62. The quantitative estimate of drug-likeness (QED) is 0.838. The number of aromatic carboxylic acids is 1. The smallest absolute Gasteiger partial charge is 0.337 e. The number of hydrogen-bond donors (Lipinski definition) is 2. The third-order valence-electron chi connectivity index (χ3n) is 3.68. The summed E-state index contributed by atoms with van der Waals surface area (Å²) in [6.07, 6.45) is 1.88. The molecule has 0 saturated heterocycles. The number of carboxylic acids is 1. The number of aryl methyl sites for hydroxylation is 1. The molecule has 0 amide bonds. The fourth-order valence-electron chi connectivity index (χ4n) is 2.89. The van der Waals surface area contributed by atoms with Crippen LogP contribution in [-0.4, -0.2) is 16.6 Å². The number of carbonyl (C=O) groups is 1. The van der Waals surface area contributed by atoms with Gasteiger partial charge in [-0.25, -0.2) is 4.79 Å². The van der Waals surface area contributed by atoms with Gasteiger partial charge in [0.15, 0.2) is 0 Å². The zero-order chi connectivity index (χ0) is 13.5. The van der Waals surface area contributed by atoms with Gasteiger partial charge in [-0.05, 0) is 49.8 Å². The molecule has 3 nitrogen and oxygen atoms in total. The molecule has 2 rings (SSSR count). The number of hydrogen-bond acceptors (Lipinski definition) is 2. The molecule has 3 heteroatoms. The highest BCUT2D eigenvalue weighted by atomic mass is 16.4. The standard InChI is InChI=1S/C15H21NO2/c1-5-10-6-11-9(2)8-15(3,4)16-13(11)12(7-10)14(17)18/h6-7,9,16H,5,8H2,1-4H3,(H,17,18). The maximum atomic E-state index is 11.4. The second-order valence-corrected chi connectivity index (χ2v) is 5.88. The van der Waals surface area contributed by atoms with Crippen molar-refractivity contribution < 1.29 is 9.90 Å². The monoisotopic (exact) mass is 247 g/mol. The first-order valence-corrected chi connectivity index (χ1v) is 6.52. The van der Waals surface area contributed by atoms with Crippen LogP contribution in [0.25, 0.3) is 0 Å². The van der Waals surface area contributed by atoms with Gasteiger partial charge in [0, 0.05) is 5.54 Å². The van der Waals surface area contributed by atoms with Crippen molar-refractivity contribution in [2.45, 2.75) is 52.0 Å². The molecule has 1 heterocycles. The van der Waals surface area contributed by atoms with Crippen molar-refractivity contribution in [3.8, 4) is 0 Å². The number of benzene rings is 1. The molecule has 2 N–H and O–H groups in total. The van der Waals surface area contributed by atoms with Crippen LogP contribution in [0.15, 0.2) is 12.1 Å². The average Bonchev–Trinajstić information content (AvgIpc) is 2.26. The average molecular weight is 247 g/mol. The molecular formula is C15H21NO2. The van der Waals surface area contributed by atoms with E-state index in [0.717, 1.165) is 29.7 Å². The molecule has 18 heavy (non-hydrogen) atoms. The van der Waals surface area contributed by atoms with Crippen molar-refractivity contribution in [3.05, 3.63) is 28.8 Å². The highest BCUT2D eigenvalue weighted by Gasteiger charge is 2.32. The van der Waals surface area contributed by atoms with Crippen molar-refractivity contribution in [2.75, 3.05) is 5.32 Å². The van der Waals surface area contributed by atoms with E-state index in [4.69, 9.17) is 0 Å². The predicted octanol–water partition coefficient (Wildman–Crippen LogP) is 3.64. The van der Waals surface area contributed by atoms with Gasteiger partial charge in [-0.3, -0.25) is 0 Å². The Labute approximate surface area is 108 Å². The summed E-state index contributed by atoms with van der Waals surface area (Å²) in [7, 11) is 0. The highest BCUT2D eigenvalue weighted by Crippen LogP contribution is 2.41. The number of nitrogens with one attached hydrogen (secondary N) is 1. The summed E-state index contributed by atoms with van der Waals surface area (Å²) >= 11 is 0. The molecule has 1 aliphatic rings. The Morgan fingerprint density at radius 2 is 2.17 bits per heavy atom. The largest absolute Gasteiger partial charge is 0.478 e. The fourth-order valence-corrected chi connectivity index (χ4v) is 2.89. The van der Waals surface area contributed by atoms with Crippen molar-refractivity contribution in [2.24, 2.45) is 0 Å². The van der Waals surface area contributed by atoms with E-state index >= 15 is 0 Å². The normalized spacial score (nSPS) is 21.0. The van der Waals surface area contributed by atoms with Crippen molar-refractivity contribution in [1.82, 2.24) is 0 Å². The van der Waals surface area contributed by atoms with Crippen molar-refractivity contribution in [3.63, 3.8) is 0 Å². The fraction of sp³-hybridized carbons (Fsp3) is 0.533. The van der Waals surface area contributed by atoms with Crippen LogP contribution in [0.2, 0.25) is 0 Å². The van der Waals surface area contributed by atoms with Crippen LogP contribution in [0.1, 0.15) is 61.5 Å². The van der Waals surface area contributed by atoms with Crippen molar-refractivity contribution >= 4 is 11.7 Å².